The fraction of sp³-hybridized carbons (Fsp3) is 0.917. The first-order chi connectivity index (χ1) is 6.25. The molecule has 2 aliphatic rings. The fourth-order valence-corrected chi connectivity index (χ4v) is 3.26. The van der Waals surface area contributed by atoms with Crippen molar-refractivity contribution in [1.29, 1.82) is 0 Å². The Morgan fingerprint density at radius 1 is 1.08 bits per heavy atom. The Balaban J connectivity index is 2.13. The number of Topliss-reactive ketones (excluding diaryl/α,β-unsaturated/α-hetero) is 1. The summed E-state index contributed by atoms with van der Waals surface area (Å²) in [5, 5.41) is 0. The second-order valence-electron chi connectivity index (χ2n) is 4.96. The van der Waals surface area contributed by atoms with Crippen molar-refractivity contribution < 1.29 is 4.79 Å². The molecule has 1 atom stereocenters. The SMILES string of the molecule is CC1C(=O)CCC12CCCCCC2. The average molecular weight is 180 g/mol. The summed E-state index contributed by atoms with van der Waals surface area (Å²) in [7, 11) is 0. The standard InChI is InChI=1S/C12H20O/c1-10-11(13)6-9-12(10)7-4-2-3-5-8-12/h10H,2-9H2,1H3. The minimum absolute atomic E-state index is 0.366. The second kappa shape index (κ2) is 3.43. The van der Waals surface area contributed by atoms with Crippen LogP contribution < -0.4 is 0 Å². The van der Waals surface area contributed by atoms with Crippen LogP contribution in [0.1, 0.15) is 58.3 Å². The summed E-state index contributed by atoms with van der Waals surface area (Å²) in [4.78, 5) is 11.6. The Kier molecular flexibility index (Phi) is 2.44. The molecule has 0 aromatic heterocycles. The maximum Gasteiger partial charge on any atom is 0.136 e. The van der Waals surface area contributed by atoms with Gasteiger partial charge in [-0.15, -0.1) is 0 Å². The quantitative estimate of drug-likeness (QED) is 0.559. The Labute approximate surface area is 80.9 Å². The summed E-state index contributed by atoms with van der Waals surface area (Å²) in [6.07, 6.45) is 10.2. The molecule has 1 spiro atoms. The van der Waals surface area contributed by atoms with Crippen molar-refractivity contribution in [2.75, 3.05) is 0 Å². The lowest BCUT2D eigenvalue weighted by Crippen LogP contribution is -2.25. The molecule has 1 heteroatoms. The number of rotatable bonds is 0. The van der Waals surface area contributed by atoms with Gasteiger partial charge in [-0.05, 0) is 24.7 Å². The van der Waals surface area contributed by atoms with Crippen LogP contribution in [-0.4, -0.2) is 5.78 Å². The van der Waals surface area contributed by atoms with Crippen molar-refractivity contribution in [2.45, 2.75) is 58.3 Å². The normalized spacial score (nSPS) is 33.6. The maximum absolute atomic E-state index is 11.6. The molecule has 2 fully saturated rings. The van der Waals surface area contributed by atoms with Gasteiger partial charge in [0.05, 0.1) is 0 Å². The summed E-state index contributed by atoms with van der Waals surface area (Å²) >= 11 is 0. The molecule has 0 aromatic carbocycles. The molecule has 0 N–H and O–H groups in total. The van der Waals surface area contributed by atoms with Gasteiger partial charge in [0.1, 0.15) is 5.78 Å². The summed E-state index contributed by atoms with van der Waals surface area (Å²) in [5.74, 6) is 0.896. The topological polar surface area (TPSA) is 17.1 Å². The molecule has 0 radical (unpaired) electrons. The van der Waals surface area contributed by atoms with E-state index in [9.17, 15) is 4.79 Å². The van der Waals surface area contributed by atoms with Crippen molar-refractivity contribution in [3.63, 3.8) is 0 Å². The molecule has 1 unspecified atom stereocenters. The Morgan fingerprint density at radius 2 is 1.69 bits per heavy atom. The Morgan fingerprint density at radius 3 is 2.15 bits per heavy atom. The average Bonchev–Trinajstić information content (AvgIpc) is 2.38. The zero-order chi connectivity index (χ0) is 9.31. The fourth-order valence-electron chi connectivity index (χ4n) is 3.26. The van der Waals surface area contributed by atoms with Crippen molar-refractivity contribution in [3.8, 4) is 0 Å². The van der Waals surface area contributed by atoms with E-state index in [1.165, 1.54) is 44.9 Å². The third kappa shape index (κ3) is 1.53. The molecule has 2 aliphatic carbocycles. The minimum Gasteiger partial charge on any atom is -0.299 e. The van der Waals surface area contributed by atoms with Gasteiger partial charge in [0.15, 0.2) is 0 Å². The van der Waals surface area contributed by atoms with E-state index in [0.29, 0.717) is 17.1 Å². The lowest BCUT2D eigenvalue weighted by molar-refractivity contribution is -0.121. The van der Waals surface area contributed by atoms with E-state index in [-0.39, 0.29) is 0 Å². The molecule has 0 aliphatic heterocycles. The molecule has 13 heavy (non-hydrogen) atoms. The van der Waals surface area contributed by atoms with Crippen molar-refractivity contribution in [1.82, 2.24) is 0 Å². The van der Waals surface area contributed by atoms with Gasteiger partial charge in [-0.1, -0.05) is 32.6 Å². The molecule has 0 amide bonds. The Bertz CT molecular complexity index is 199. The van der Waals surface area contributed by atoms with Crippen LogP contribution in [0, 0.1) is 11.3 Å². The van der Waals surface area contributed by atoms with Gasteiger partial charge < -0.3 is 0 Å². The summed E-state index contributed by atoms with van der Waals surface area (Å²) < 4.78 is 0. The minimum atomic E-state index is 0.366. The van der Waals surface area contributed by atoms with Crippen LogP contribution in [0.2, 0.25) is 0 Å². The van der Waals surface area contributed by atoms with E-state index >= 15 is 0 Å². The predicted octanol–water partition coefficient (Wildman–Crippen LogP) is 3.33. The molecular weight excluding hydrogens is 160 g/mol. The van der Waals surface area contributed by atoms with Crippen LogP contribution in [0.5, 0.6) is 0 Å². The van der Waals surface area contributed by atoms with E-state index < -0.39 is 0 Å². The summed E-state index contributed by atoms with van der Waals surface area (Å²) in [5.41, 5.74) is 0.438. The highest BCUT2D eigenvalue weighted by Gasteiger charge is 2.44. The van der Waals surface area contributed by atoms with E-state index in [1.807, 2.05) is 0 Å². The van der Waals surface area contributed by atoms with Gasteiger partial charge in [-0.25, -0.2) is 0 Å². The highest BCUT2D eigenvalue weighted by Crippen LogP contribution is 2.50. The zero-order valence-electron chi connectivity index (χ0n) is 8.64. The zero-order valence-corrected chi connectivity index (χ0v) is 8.64. The van der Waals surface area contributed by atoms with E-state index in [4.69, 9.17) is 0 Å². The number of ketones is 1. The highest BCUT2D eigenvalue weighted by atomic mass is 16.1. The third-order valence-corrected chi connectivity index (χ3v) is 4.37. The van der Waals surface area contributed by atoms with Crippen LogP contribution in [0.3, 0.4) is 0 Å². The van der Waals surface area contributed by atoms with Gasteiger partial charge in [0, 0.05) is 12.3 Å². The molecule has 2 rings (SSSR count). The maximum atomic E-state index is 11.6. The lowest BCUT2D eigenvalue weighted by Gasteiger charge is -2.31. The molecule has 2 saturated carbocycles. The van der Waals surface area contributed by atoms with Gasteiger partial charge >= 0.3 is 0 Å². The second-order valence-corrected chi connectivity index (χ2v) is 4.96. The van der Waals surface area contributed by atoms with Gasteiger partial charge in [0.2, 0.25) is 0 Å². The van der Waals surface area contributed by atoms with Crippen LogP contribution >= 0.6 is 0 Å². The van der Waals surface area contributed by atoms with Gasteiger partial charge in [-0.3, -0.25) is 4.79 Å². The van der Waals surface area contributed by atoms with Gasteiger partial charge in [-0.2, -0.15) is 0 Å². The molecule has 0 heterocycles. The monoisotopic (exact) mass is 180 g/mol. The number of hydrogen-bond donors (Lipinski definition) is 0. The Hall–Kier alpha value is -0.330. The van der Waals surface area contributed by atoms with Gasteiger partial charge in [0.25, 0.3) is 0 Å². The van der Waals surface area contributed by atoms with Crippen molar-refractivity contribution in [3.05, 3.63) is 0 Å². The number of hydrogen-bond acceptors (Lipinski definition) is 1. The largest absolute Gasteiger partial charge is 0.299 e. The van der Waals surface area contributed by atoms with Crippen molar-refractivity contribution in [2.24, 2.45) is 11.3 Å². The lowest BCUT2D eigenvalue weighted by atomic mass is 9.73. The molecule has 0 aromatic rings. The predicted molar refractivity (Wildman–Crippen MR) is 53.5 cm³/mol. The van der Waals surface area contributed by atoms with Crippen LogP contribution in [0.25, 0.3) is 0 Å². The van der Waals surface area contributed by atoms with Crippen LogP contribution in [0.4, 0.5) is 0 Å². The first-order valence-corrected chi connectivity index (χ1v) is 5.77. The van der Waals surface area contributed by atoms with E-state index in [2.05, 4.69) is 6.92 Å². The molecular formula is C12H20O. The summed E-state index contributed by atoms with van der Waals surface area (Å²) in [6.45, 7) is 2.17. The first-order valence-electron chi connectivity index (χ1n) is 5.77. The molecule has 74 valence electrons. The van der Waals surface area contributed by atoms with E-state index in [1.54, 1.807) is 0 Å². The van der Waals surface area contributed by atoms with Crippen LogP contribution in [-0.2, 0) is 4.79 Å². The molecule has 0 bridgehead atoms. The van der Waals surface area contributed by atoms with E-state index in [0.717, 1.165) is 6.42 Å². The number of carbonyl (C=O) groups excluding carboxylic acids is 1. The smallest absolute Gasteiger partial charge is 0.136 e. The summed E-state index contributed by atoms with van der Waals surface area (Å²) in [6, 6.07) is 0. The highest BCUT2D eigenvalue weighted by molar-refractivity contribution is 5.83. The number of carbonyl (C=O) groups is 1. The molecule has 1 nitrogen and oxygen atoms in total. The first kappa shape index (κ1) is 9.23. The van der Waals surface area contributed by atoms with Crippen LogP contribution in [0.15, 0.2) is 0 Å². The third-order valence-electron chi connectivity index (χ3n) is 4.37. The molecule has 0 saturated heterocycles. The van der Waals surface area contributed by atoms with Crippen molar-refractivity contribution >= 4 is 5.78 Å².